The Bertz CT molecular complexity index is 1590. The Hall–Kier alpha value is -5.23. The van der Waals surface area contributed by atoms with E-state index in [2.05, 4.69) is 31.1 Å². The van der Waals surface area contributed by atoms with Crippen LogP contribution in [0.3, 0.4) is 0 Å². The van der Waals surface area contributed by atoms with Gasteiger partial charge in [0.15, 0.2) is 0 Å². The van der Waals surface area contributed by atoms with E-state index in [0.29, 0.717) is 48.1 Å². The maximum atomic E-state index is 13.4. The van der Waals surface area contributed by atoms with Crippen LogP contribution in [-0.2, 0) is 16.0 Å². The van der Waals surface area contributed by atoms with Crippen LogP contribution >= 0.6 is 11.6 Å². The van der Waals surface area contributed by atoms with E-state index in [9.17, 15) is 19.5 Å². The smallest absolute Gasteiger partial charge is 0.407 e. The van der Waals surface area contributed by atoms with Gasteiger partial charge >= 0.3 is 6.09 Å². The number of hydrogen-bond acceptors (Lipinski definition) is 7. The highest BCUT2D eigenvalue weighted by molar-refractivity contribution is 6.30. The van der Waals surface area contributed by atoms with Crippen LogP contribution in [0.25, 0.3) is 11.8 Å². The highest BCUT2D eigenvalue weighted by Crippen LogP contribution is 2.21. The lowest BCUT2D eigenvalue weighted by Gasteiger charge is -2.34. The molecule has 1 fully saturated rings. The first-order valence-electron chi connectivity index (χ1n) is 13.5. The van der Waals surface area contributed by atoms with Gasteiger partial charge in [-0.15, -0.1) is 5.10 Å². The van der Waals surface area contributed by atoms with Crippen LogP contribution in [0.5, 0.6) is 0 Å². The third kappa shape index (κ3) is 7.74. The van der Waals surface area contributed by atoms with Crippen molar-refractivity contribution < 1.29 is 19.5 Å². The molecule has 3 N–H and O–H groups in total. The summed E-state index contributed by atoms with van der Waals surface area (Å²) in [5.41, 5.74) is 3.64. The predicted octanol–water partition coefficient (Wildman–Crippen LogP) is 3.50. The number of halogens is 1. The Kier molecular flexibility index (Phi) is 9.27. The van der Waals surface area contributed by atoms with Crippen molar-refractivity contribution in [3.05, 3.63) is 101 Å². The summed E-state index contributed by atoms with van der Waals surface area (Å²) in [6.07, 6.45) is 3.73. The van der Waals surface area contributed by atoms with Gasteiger partial charge < -0.3 is 25.5 Å². The number of rotatable bonds is 9. The highest BCUT2D eigenvalue weighted by Gasteiger charge is 2.22. The van der Waals surface area contributed by atoms with Crippen LogP contribution < -0.4 is 15.5 Å². The first-order valence-corrected chi connectivity index (χ1v) is 13.9. The summed E-state index contributed by atoms with van der Waals surface area (Å²) in [6.45, 7) is 2.03. The maximum absolute atomic E-state index is 13.4. The zero-order chi connectivity index (χ0) is 30.2. The van der Waals surface area contributed by atoms with E-state index in [4.69, 9.17) is 11.6 Å². The van der Waals surface area contributed by atoms with Gasteiger partial charge in [0.05, 0.1) is 5.69 Å². The summed E-state index contributed by atoms with van der Waals surface area (Å²) < 4.78 is 1.46. The van der Waals surface area contributed by atoms with Crippen LogP contribution in [0, 0.1) is 0 Å². The maximum Gasteiger partial charge on any atom is 0.407 e. The lowest BCUT2D eigenvalue weighted by atomic mass is 10.0. The van der Waals surface area contributed by atoms with Crippen molar-refractivity contribution in [2.45, 2.75) is 12.5 Å². The third-order valence-electron chi connectivity index (χ3n) is 6.97. The molecule has 1 aromatic heterocycles. The fourth-order valence-electron chi connectivity index (χ4n) is 4.72. The molecule has 1 aliphatic heterocycles. The number of hydrogen-bond donors (Lipinski definition) is 3. The van der Waals surface area contributed by atoms with Crippen molar-refractivity contribution in [1.82, 2.24) is 30.4 Å². The molecule has 220 valence electrons. The number of carbonyl (C=O) groups is 3. The zero-order valence-corrected chi connectivity index (χ0v) is 23.8. The Balaban J connectivity index is 1.27. The number of anilines is 2. The number of amides is 3. The predicted molar refractivity (Wildman–Crippen MR) is 162 cm³/mol. The average molecular weight is 601 g/mol. The van der Waals surface area contributed by atoms with E-state index >= 15 is 0 Å². The van der Waals surface area contributed by atoms with E-state index in [0.717, 1.165) is 11.3 Å². The summed E-state index contributed by atoms with van der Waals surface area (Å²) in [6, 6.07) is 21.0. The van der Waals surface area contributed by atoms with Crippen molar-refractivity contribution in [3.63, 3.8) is 0 Å². The van der Waals surface area contributed by atoms with Gasteiger partial charge in [0.2, 0.25) is 11.8 Å². The SMILES string of the molecule is O=C(/C=C/c1cc(Cl)ccc1-n1cnnn1)N[C@@H](Cc1ccccc1)C(=O)Nc1ccc(N2CCN(C(=O)O)CC2)cc1. The molecule has 0 aliphatic carbocycles. The minimum absolute atomic E-state index is 0.283. The first-order chi connectivity index (χ1) is 20.9. The Morgan fingerprint density at radius 2 is 1.72 bits per heavy atom. The minimum atomic E-state index is -0.913. The summed E-state index contributed by atoms with van der Waals surface area (Å²) in [5.74, 6) is -0.833. The van der Waals surface area contributed by atoms with E-state index in [1.165, 1.54) is 22.0 Å². The van der Waals surface area contributed by atoms with Crippen molar-refractivity contribution in [2.75, 3.05) is 36.4 Å². The highest BCUT2D eigenvalue weighted by atomic mass is 35.5. The van der Waals surface area contributed by atoms with Gasteiger partial charge in [0, 0.05) is 60.6 Å². The minimum Gasteiger partial charge on any atom is -0.465 e. The Morgan fingerprint density at radius 1 is 0.977 bits per heavy atom. The van der Waals surface area contributed by atoms with E-state index in [-0.39, 0.29) is 12.3 Å². The van der Waals surface area contributed by atoms with Gasteiger partial charge in [0.1, 0.15) is 12.4 Å². The number of aromatic nitrogens is 4. The van der Waals surface area contributed by atoms with Crippen LogP contribution in [0.15, 0.2) is 85.2 Å². The second kappa shape index (κ2) is 13.6. The average Bonchev–Trinajstić information content (AvgIpc) is 3.56. The second-order valence-corrected chi connectivity index (χ2v) is 10.3. The zero-order valence-electron chi connectivity index (χ0n) is 23.0. The molecular formula is C30H29ClN8O4. The topological polar surface area (TPSA) is 146 Å². The van der Waals surface area contributed by atoms with Crippen LogP contribution in [-0.4, -0.2) is 80.3 Å². The summed E-state index contributed by atoms with van der Waals surface area (Å²) in [4.78, 5) is 41.1. The van der Waals surface area contributed by atoms with Gasteiger partial charge in [-0.05, 0) is 64.5 Å². The Labute approximate surface area is 252 Å². The van der Waals surface area contributed by atoms with Gasteiger partial charge in [-0.3, -0.25) is 9.59 Å². The normalized spacial score (nSPS) is 14.0. The second-order valence-electron chi connectivity index (χ2n) is 9.83. The molecule has 1 atom stereocenters. The summed E-state index contributed by atoms with van der Waals surface area (Å²) in [5, 5.41) is 26.6. The molecule has 5 rings (SSSR count). The van der Waals surface area contributed by atoms with Crippen molar-refractivity contribution >= 4 is 47.0 Å². The van der Waals surface area contributed by atoms with E-state index < -0.39 is 18.0 Å². The van der Waals surface area contributed by atoms with E-state index in [1.807, 2.05) is 42.5 Å². The summed E-state index contributed by atoms with van der Waals surface area (Å²) >= 11 is 6.18. The molecule has 0 bridgehead atoms. The molecule has 0 radical (unpaired) electrons. The number of piperazine rings is 1. The largest absolute Gasteiger partial charge is 0.465 e. The number of tetrazole rings is 1. The molecule has 1 saturated heterocycles. The summed E-state index contributed by atoms with van der Waals surface area (Å²) in [7, 11) is 0. The van der Waals surface area contributed by atoms with Gasteiger partial charge in [0.25, 0.3) is 0 Å². The molecular weight excluding hydrogens is 572 g/mol. The van der Waals surface area contributed by atoms with Crippen molar-refractivity contribution in [1.29, 1.82) is 0 Å². The monoisotopic (exact) mass is 600 g/mol. The number of nitrogens with zero attached hydrogens (tertiary/aromatic N) is 6. The molecule has 3 amide bonds. The van der Waals surface area contributed by atoms with Crippen LogP contribution in [0.2, 0.25) is 5.02 Å². The molecule has 3 aromatic carbocycles. The van der Waals surface area contributed by atoms with Crippen LogP contribution in [0.4, 0.5) is 16.2 Å². The molecule has 0 spiro atoms. The molecule has 12 nitrogen and oxygen atoms in total. The number of nitrogens with one attached hydrogen (secondary N) is 2. The molecule has 0 saturated carbocycles. The number of benzene rings is 3. The Morgan fingerprint density at radius 3 is 2.40 bits per heavy atom. The fraction of sp³-hybridized carbons (Fsp3) is 0.200. The standard InChI is InChI=1S/C30H29ClN8O4/c31-23-7-12-27(39-20-32-35-36-39)22(19-23)6-13-28(40)34-26(18-21-4-2-1-3-5-21)29(41)33-24-8-10-25(11-9-24)37-14-16-38(17-15-37)30(42)43/h1-13,19-20,26H,14-18H2,(H,33,41)(H,34,40)(H,42,43)/b13-6+/t26-/m0/s1. The lowest BCUT2D eigenvalue weighted by Crippen LogP contribution is -2.48. The quantitative estimate of drug-likeness (QED) is 0.248. The molecule has 2 heterocycles. The molecule has 1 aliphatic rings. The van der Waals surface area contributed by atoms with Gasteiger partial charge in [-0.25, -0.2) is 4.79 Å². The first kappa shape index (κ1) is 29.3. The van der Waals surface area contributed by atoms with Gasteiger partial charge in [-0.2, -0.15) is 4.68 Å². The molecule has 43 heavy (non-hydrogen) atoms. The number of carbonyl (C=O) groups excluding carboxylic acids is 2. The molecule has 13 heteroatoms. The molecule has 0 unspecified atom stereocenters. The fourth-order valence-corrected chi connectivity index (χ4v) is 4.90. The van der Waals surface area contributed by atoms with Gasteiger partial charge in [-0.1, -0.05) is 41.9 Å². The number of carboxylic acid groups (broad SMARTS) is 1. The third-order valence-corrected chi connectivity index (χ3v) is 7.20. The van der Waals surface area contributed by atoms with Crippen molar-refractivity contribution in [2.24, 2.45) is 0 Å². The lowest BCUT2D eigenvalue weighted by molar-refractivity contribution is -0.123. The van der Waals surface area contributed by atoms with Crippen LogP contribution in [0.1, 0.15) is 11.1 Å². The van der Waals surface area contributed by atoms with Crippen molar-refractivity contribution in [3.8, 4) is 5.69 Å². The van der Waals surface area contributed by atoms with E-state index in [1.54, 1.807) is 36.4 Å². The molecule has 4 aromatic rings.